The van der Waals surface area contributed by atoms with E-state index < -0.39 is 0 Å². The maximum absolute atomic E-state index is 12.9. The molecule has 2 amide bonds. The molecule has 6 heteroatoms. The van der Waals surface area contributed by atoms with Gasteiger partial charge in [-0.15, -0.1) is 0 Å². The van der Waals surface area contributed by atoms with Crippen LogP contribution in [0.1, 0.15) is 42.5 Å². The highest BCUT2D eigenvalue weighted by molar-refractivity contribution is 6.07. The highest BCUT2D eigenvalue weighted by Gasteiger charge is 2.17. The molecule has 1 aliphatic heterocycles. The third-order valence-corrected chi connectivity index (χ3v) is 5.30. The van der Waals surface area contributed by atoms with E-state index in [2.05, 4.69) is 10.3 Å². The van der Waals surface area contributed by atoms with Crippen molar-refractivity contribution in [2.45, 2.75) is 32.1 Å². The number of para-hydroxylation sites is 1. The number of rotatable bonds is 6. The summed E-state index contributed by atoms with van der Waals surface area (Å²) >= 11 is 0. The second-order valence-corrected chi connectivity index (χ2v) is 7.35. The zero-order valence-corrected chi connectivity index (χ0v) is 16.4. The van der Waals surface area contributed by atoms with Gasteiger partial charge in [-0.3, -0.25) is 9.59 Å². The highest BCUT2D eigenvalue weighted by atomic mass is 16.3. The van der Waals surface area contributed by atoms with Crippen LogP contribution in [-0.4, -0.2) is 41.3 Å². The van der Waals surface area contributed by atoms with Crippen molar-refractivity contribution >= 4 is 22.7 Å². The Labute approximate surface area is 169 Å². The van der Waals surface area contributed by atoms with Crippen LogP contribution in [0.25, 0.3) is 22.4 Å². The van der Waals surface area contributed by atoms with Crippen molar-refractivity contribution in [1.82, 2.24) is 15.2 Å². The number of pyridine rings is 1. The Morgan fingerprint density at radius 3 is 2.90 bits per heavy atom. The van der Waals surface area contributed by atoms with Crippen LogP contribution in [0.4, 0.5) is 0 Å². The van der Waals surface area contributed by atoms with E-state index in [1.807, 2.05) is 35.2 Å². The number of fused-ring (bicyclic) bond motifs is 1. The lowest BCUT2D eigenvalue weighted by atomic mass is 10.1. The third kappa shape index (κ3) is 4.47. The highest BCUT2D eigenvalue weighted by Crippen LogP contribution is 2.25. The normalized spacial score (nSPS) is 14.8. The minimum Gasteiger partial charge on any atom is -0.463 e. The topological polar surface area (TPSA) is 75.4 Å². The lowest BCUT2D eigenvalue weighted by molar-refractivity contribution is -0.130. The van der Waals surface area contributed by atoms with E-state index in [0.29, 0.717) is 36.5 Å². The molecule has 150 valence electrons. The summed E-state index contributed by atoms with van der Waals surface area (Å²) in [4.78, 5) is 31.5. The minimum atomic E-state index is -0.140. The molecular weight excluding hydrogens is 366 g/mol. The van der Waals surface area contributed by atoms with Gasteiger partial charge < -0.3 is 14.6 Å². The minimum absolute atomic E-state index is 0.140. The van der Waals surface area contributed by atoms with E-state index >= 15 is 0 Å². The first-order chi connectivity index (χ1) is 14.2. The lowest BCUT2D eigenvalue weighted by Crippen LogP contribution is -2.34. The maximum Gasteiger partial charge on any atom is 0.252 e. The van der Waals surface area contributed by atoms with Crippen LogP contribution < -0.4 is 5.32 Å². The van der Waals surface area contributed by atoms with Crippen molar-refractivity contribution in [2.75, 3.05) is 19.6 Å². The molecule has 0 aliphatic carbocycles. The number of hydrogen-bond acceptors (Lipinski definition) is 4. The van der Waals surface area contributed by atoms with E-state index in [9.17, 15) is 9.59 Å². The molecule has 3 heterocycles. The third-order valence-electron chi connectivity index (χ3n) is 5.30. The predicted octanol–water partition coefficient (Wildman–Crippen LogP) is 4.02. The van der Waals surface area contributed by atoms with Gasteiger partial charge in [0.25, 0.3) is 5.91 Å². The molecule has 2 aromatic heterocycles. The van der Waals surface area contributed by atoms with Crippen molar-refractivity contribution in [2.24, 2.45) is 0 Å². The molecule has 1 fully saturated rings. The van der Waals surface area contributed by atoms with Gasteiger partial charge in [-0.2, -0.15) is 0 Å². The van der Waals surface area contributed by atoms with E-state index in [4.69, 9.17) is 4.42 Å². The quantitative estimate of drug-likeness (QED) is 0.644. The fourth-order valence-electron chi connectivity index (χ4n) is 3.76. The molecule has 0 bridgehead atoms. The van der Waals surface area contributed by atoms with Crippen LogP contribution in [-0.2, 0) is 4.79 Å². The average molecular weight is 391 g/mol. The zero-order valence-electron chi connectivity index (χ0n) is 16.4. The van der Waals surface area contributed by atoms with Gasteiger partial charge in [0.1, 0.15) is 5.69 Å². The van der Waals surface area contributed by atoms with E-state index in [1.165, 1.54) is 0 Å². The summed E-state index contributed by atoms with van der Waals surface area (Å²) in [6, 6.07) is 13.0. The number of hydrogen-bond donors (Lipinski definition) is 1. The summed E-state index contributed by atoms with van der Waals surface area (Å²) in [5.74, 6) is 0.722. The fourth-order valence-corrected chi connectivity index (χ4v) is 3.76. The van der Waals surface area contributed by atoms with Crippen LogP contribution >= 0.6 is 0 Å². The number of carbonyl (C=O) groups is 2. The first-order valence-electron chi connectivity index (χ1n) is 10.2. The Bertz CT molecular complexity index is 998. The van der Waals surface area contributed by atoms with Gasteiger partial charge in [-0.05, 0) is 43.5 Å². The summed E-state index contributed by atoms with van der Waals surface area (Å²) in [5.41, 5.74) is 1.96. The second kappa shape index (κ2) is 8.90. The van der Waals surface area contributed by atoms with Gasteiger partial charge in [0.2, 0.25) is 5.91 Å². The lowest BCUT2D eigenvalue weighted by Gasteiger charge is -2.20. The Morgan fingerprint density at radius 2 is 2.03 bits per heavy atom. The number of nitrogens with one attached hydrogen (secondary N) is 1. The molecule has 0 saturated carbocycles. The molecule has 0 spiro atoms. The van der Waals surface area contributed by atoms with Crippen molar-refractivity contribution in [1.29, 1.82) is 0 Å². The summed E-state index contributed by atoms with van der Waals surface area (Å²) < 4.78 is 5.46. The van der Waals surface area contributed by atoms with Crippen LogP contribution in [0.3, 0.4) is 0 Å². The monoisotopic (exact) mass is 391 g/mol. The molecule has 1 aliphatic rings. The molecule has 3 aromatic rings. The molecule has 29 heavy (non-hydrogen) atoms. The largest absolute Gasteiger partial charge is 0.463 e. The number of furan rings is 1. The van der Waals surface area contributed by atoms with E-state index in [0.717, 1.165) is 43.1 Å². The van der Waals surface area contributed by atoms with Crippen LogP contribution in [0.15, 0.2) is 53.1 Å². The summed E-state index contributed by atoms with van der Waals surface area (Å²) in [6.45, 7) is 2.04. The van der Waals surface area contributed by atoms with Gasteiger partial charge in [0.05, 0.1) is 17.3 Å². The van der Waals surface area contributed by atoms with Crippen molar-refractivity contribution in [3.63, 3.8) is 0 Å². The summed E-state index contributed by atoms with van der Waals surface area (Å²) in [7, 11) is 0. The van der Waals surface area contributed by atoms with Crippen LogP contribution in [0.2, 0.25) is 0 Å². The van der Waals surface area contributed by atoms with Gasteiger partial charge in [0, 0.05) is 31.4 Å². The van der Waals surface area contributed by atoms with Crippen LogP contribution in [0, 0.1) is 0 Å². The average Bonchev–Trinajstić information content (AvgIpc) is 3.21. The number of aromatic nitrogens is 1. The van der Waals surface area contributed by atoms with Crippen LogP contribution in [0.5, 0.6) is 0 Å². The summed E-state index contributed by atoms with van der Waals surface area (Å²) in [5, 5.41) is 3.81. The molecule has 1 N–H and O–H groups in total. The smallest absolute Gasteiger partial charge is 0.252 e. The van der Waals surface area contributed by atoms with Gasteiger partial charge >= 0.3 is 0 Å². The molecule has 6 nitrogen and oxygen atoms in total. The molecule has 0 atom stereocenters. The number of amides is 2. The first kappa shape index (κ1) is 19.2. The standard InChI is InChI=1S/C23H25N3O3/c27-22-11-2-1-5-13-26(22)14-7-12-24-23(28)18-16-20(21-10-6-15-29-21)25-19-9-4-3-8-17(18)19/h3-4,6,8-10,15-16H,1-2,5,7,11-14H2,(H,24,28). The van der Waals surface area contributed by atoms with Crippen molar-refractivity contribution < 1.29 is 14.0 Å². The first-order valence-corrected chi connectivity index (χ1v) is 10.2. The molecule has 1 saturated heterocycles. The van der Waals surface area contributed by atoms with Gasteiger partial charge in [-0.1, -0.05) is 24.6 Å². The van der Waals surface area contributed by atoms with Gasteiger partial charge in [-0.25, -0.2) is 4.98 Å². The number of nitrogens with zero attached hydrogens (tertiary/aromatic N) is 2. The molecular formula is C23H25N3O3. The van der Waals surface area contributed by atoms with Gasteiger partial charge in [0.15, 0.2) is 5.76 Å². The SMILES string of the molecule is O=C(NCCCN1CCCCCC1=O)c1cc(-c2ccco2)nc2ccccc12. The number of benzene rings is 1. The Hall–Kier alpha value is -3.15. The Morgan fingerprint density at radius 1 is 1.14 bits per heavy atom. The molecule has 1 aromatic carbocycles. The number of likely N-dealkylation sites (tertiary alicyclic amines) is 1. The molecule has 0 radical (unpaired) electrons. The number of carbonyl (C=O) groups excluding carboxylic acids is 2. The fraction of sp³-hybridized carbons (Fsp3) is 0.348. The van der Waals surface area contributed by atoms with E-state index in [1.54, 1.807) is 18.4 Å². The second-order valence-electron chi connectivity index (χ2n) is 7.35. The molecule has 4 rings (SSSR count). The van der Waals surface area contributed by atoms with Crippen molar-refractivity contribution in [3.05, 3.63) is 54.3 Å². The zero-order chi connectivity index (χ0) is 20.1. The molecule has 0 unspecified atom stereocenters. The Balaban J connectivity index is 1.44. The summed E-state index contributed by atoms with van der Waals surface area (Å²) in [6.07, 6.45) is 6.15. The maximum atomic E-state index is 12.9. The van der Waals surface area contributed by atoms with Crippen molar-refractivity contribution in [3.8, 4) is 11.5 Å². The predicted molar refractivity (Wildman–Crippen MR) is 111 cm³/mol. The van der Waals surface area contributed by atoms with E-state index in [-0.39, 0.29) is 11.8 Å². The Kier molecular flexibility index (Phi) is 5.89.